The maximum atomic E-state index is 5.26. The Balaban J connectivity index is 3.14. The minimum atomic E-state index is -0.245. The molecule has 0 aliphatic carbocycles. The van der Waals surface area contributed by atoms with E-state index in [1.165, 1.54) is 0 Å². The quantitative estimate of drug-likeness (QED) is 0.386. The van der Waals surface area contributed by atoms with Gasteiger partial charge in [-0.1, -0.05) is 0 Å². The highest BCUT2D eigenvalue weighted by molar-refractivity contribution is 4.65. The van der Waals surface area contributed by atoms with Crippen molar-refractivity contribution in [3.8, 4) is 0 Å². The first-order valence-corrected chi connectivity index (χ1v) is 2.37. The van der Waals surface area contributed by atoms with Gasteiger partial charge in [-0.15, -0.1) is 0 Å². The third-order valence-corrected chi connectivity index (χ3v) is 1.03. The number of rotatable bonds is 2. The summed E-state index contributed by atoms with van der Waals surface area (Å²) in [6, 6.07) is 0.208. The average Bonchev–Trinajstić information content (AvgIpc) is 1.65. The van der Waals surface area contributed by atoms with E-state index in [0.717, 1.165) is 0 Å². The lowest BCUT2D eigenvalue weighted by Gasteiger charge is -2.12. The zero-order chi connectivity index (χ0) is 5.86. The molecule has 0 spiro atoms. The lowest BCUT2D eigenvalue weighted by molar-refractivity contribution is 0.503. The van der Waals surface area contributed by atoms with Crippen molar-refractivity contribution in [2.75, 3.05) is 7.05 Å². The number of hydrogen-bond donors (Lipinski definition) is 3. The predicted octanol–water partition coefficient (Wildman–Crippen LogP) is -1.16. The topological polar surface area (TPSA) is 64.1 Å². The molecular formula is C4H13N3. The van der Waals surface area contributed by atoms with Gasteiger partial charge in [0.15, 0.2) is 0 Å². The number of nitrogens with two attached hydrogens (primary N) is 2. The summed E-state index contributed by atoms with van der Waals surface area (Å²) in [5, 5.41) is 2.91. The summed E-state index contributed by atoms with van der Waals surface area (Å²) in [5.41, 5.74) is 10.5. The standard InChI is InChI=1S/C4H13N3/c1-3(7-2)4(5)6/h3-4,7H,5-6H2,1-2H3. The van der Waals surface area contributed by atoms with Gasteiger partial charge in [0.1, 0.15) is 0 Å². The Labute approximate surface area is 44.1 Å². The van der Waals surface area contributed by atoms with Crippen LogP contribution < -0.4 is 16.8 Å². The third-order valence-electron chi connectivity index (χ3n) is 1.03. The molecule has 0 radical (unpaired) electrons. The molecule has 0 fully saturated rings. The fourth-order valence-corrected chi connectivity index (χ4v) is 0.192. The van der Waals surface area contributed by atoms with Crippen molar-refractivity contribution in [1.82, 2.24) is 5.32 Å². The smallest absolute Gasteiger partial charge is 0.0676 e. The Kier molecular flexibility index (Phi) is 2.91. The summed E-state index contributed by atoms with van der Waals surface area (Å²) in [7, 11) is 1.83. The Bertz CT molecular complexity index is 44.2. The highest BCUT2D eigenvalue weighted by Gasteiger charge is 2.01. The van der Waals surface area contributed by atoms with E-state index in [-0.39, 0.29) is 12.2 Å². The Hall–Kier alpha value is -0.120. The molecule has 0 rings (SSSR count). The van der Waals surface area contributed by atoms with Crippen LogP contribution in [0, 0.1) is 0 Å². The molecule has 0 aliphatic rings. The molecule has 0 heterocycles. The Morgan fingerprint density at radius 2 is 1.86 bits per heavy atom. The van der Waals surface area contributed by atoms with Crippen molar-refractivity contribution < 1.29 is 0 Å². The highest BCUT2D eigenvalue weighted by atomic mass is 15.0. The summed E-state index contributed by atoms with van der Waals surface area (Å²) < 4.78 is 0. The summed E-state index contributed by atoms with van der Waals surface area (Å²) in [5.74, 6) is 0. The number of nitrogens with one attached hydrogen (secondary N) is 1. The first-order chi connectivity index (χ1) is 3.18. The van der Waals surface area contributed by atoms with Gasteiger partial charge < -0.3 is 16.8 Å². The van der Waals surface area contributed by atoms with Crippen LogP contribution in [-0.4, -0.2) is 19.3 Å². The molecular weight excluding hydrogens is 90.1 g/mol. The monoisotopic (exact) mass is 103 g/mol. The van der Waals surface area contributed by atoms with Gasteiger partial charge in [-0.2, -0.15) is 0 Å². The molecule has 44 valence electrons. The second-order valence-electron chi connectivity index (χ2n) is 1.65. The van der Waals surface area contributed by atoms with Crippen LogP contribution in [0.3, 0.4) is 0 Å². The second-order valence-corrected chi connectivity index (χ2v) is 1.65. The van der Waals surface area contributed by atoms with E-state index in [4.69, 9.17) is 11.5 Å². The largest absolute Gasteiger partial charge is 0.315 e. The van der Waals surface area contributed by atoms with Gasteiger partial charge in [0.2, 0.25) is 0 Å². The first-order valence-electron chi connectivity index (χ1n) is 2.37. The molecule has 5 N–H and O–H groups in total. The van der Waals surface area contributed by atoms with Gasteiger partial charge in [0.05, 0.1) is 6.17 Å². The van der Waals surface area contributed by atoms with E-state index in [0.29, 0.717) is 0 Å². The predicted molar refractivity (Wildman–Crippen MR) is 30.7 cm³/mol. The zero-order valence-corrected chi connectivity index (χ0v) is 4.81. The van der Waals surface area contributed by atoms with E-state index < -0.39 is 0 Å². The molecule has 0 aromatic heterocycles. The number of hydrogen-bond acceptors (Lipinski definition) is 3. The van der Waals surface area contributed by atoms with E-state index in [9.17, 15) is 0 Å². The second kappa shape index (κ2) is 2.96. The normalized spacial score (nSPS) is 15.0. The Morgan fingerprint density at radius 3 is 1.86 bits per heavy atom. The van der Waals surface area contributed by atoms with Crippen LogP contribution in [0.5, 0.6) is 0 Å². The average molecular weight is 103 g/mol. The minimum Gasteiger partial charge on any atom is -0.315 e. The van der Waals surface area contributed by atoms with Gasteiger partial charge in [-0.3, -0.25) is 0 Å². The lowest BCUT2D eigenvalue weighted by atomic mass is 10.3. The van der Waals surface area contributed by atoms with Crippen molar-refractivity contribution in [3.63, 3.8) is 0 Å². The minimum absolute atomic E-state index is 0.208. The van der Waals surface area contributed by atoms with E-state index in [1.807, 2.05) is 14.0 Å². The van der Waals surface area contributed by atoms with Crippen LogP contribution in [0.2, 0.25) is 0 Å². The van der Waals surface area contributed by atoms with Crippen LogP contribution in [0.4, 0.5) is 0 Å². The van der Waals surface area contributed by atoms with E-state index in [1.54, 1.807) is 0 Å². The molecule has 0 saturated carbocycles. The SMILES string of the molecule is CNC(C)C(N)N. The van der Waals surface area contributed by atoms with Crippen LogP contribution >= 0.6 is 0 Å². The van der Waals surface area contributed by atoms with Crippen molar-refractivity contribution in [1.29, 1.82) is 0 Å². The van der Waals surface area contributed by atoms with Gasteiger partial charge in [0.25, 0.3) is 0 Å². The van der Waals surface area contributed by atoms with Crippen LogP contribution in [0.1, 0.15) is 6.92 Å². The maximum absolute atomic E-state index is 5.26. The molecule has 0 aliphatic heterocycles. The molecule has 0 amide bonds. The van der Waals surface area contributed by atoms with Crippen molar-refractivity contribution >= 4 is 0 Å². The summed E-state index contributed by atoms with van der Waals surface area (Å²) in [4.78, 5) is 0. The molecule has 0 aromatic rings. The highest BCUT2D eigenvalue weighted by Crippen LogP contribution is 1.75. The van der Waals surface area contributed by atoms with Gasteiger partial charge in [-0.05, 0) is 14.0 Å². The lowest BCUT2D eigenvalue weighted by Crippen LogP contribution is -2.47. The summed E-state index contributed by atoms with van der Waals surface area (Å²) in [6.07, 6.45) is -0.245. The Morgan fingerprint density at radius 1 is 1.43 bits per heavy atom. The molecule has 1 unspecified atom stereocenters. The molecule has 0 saturated heterocycles. The third kappa shape index (κ3) is 2.56. The van der Waals surface area contributed by atoms with Gasteiger partial charge in [-0.25, -0.2) is 0 Å². The molecule has 7 heavy (non-hydrogen) atoms. The van der Waals surface area contributed by atoms with Crippen molar-refractivity contribution in [2.45, 2.75) is 19.1 Å². The summed E-state index contributed by atoms with van der Waals surface area (Å²) in [6.45, 7) is 1.94. The summed E-state index contributed by atoms with van der Waals surface area (Å²) >= 11 is 0. The number of likely N-dealkylation sites (N-methyl/N-ethyl adjacent to an activating group) is 1. The fraction of sp³-hybridized carbons (Fsp3) is 1.00. The van der Waals surface area contributed by atoms with Crippen molar-refractivity contribution in [3.05, 3.63) is 0 Å². The van der Waals surface area contributed by atoms with Crippen molar-refractivity contribution in [2.24, 2.45) is 11.5 Å². The van der Waals surface area contributed by atoms with E-state index >= 15 is 0 Å². The maximum Gasteiger partial charge on any atom is 0.0676 e. The first kappa shape index (κ1) is 6.88. The van der Waals surface area contributed by atoms with Gasteiger partial charge in [0, 0.05) is 6.04 Å². The van der Waals surface area contributed by atoms with Crippen LogP contribution in [-0.2, 0) is 0 Å². The fourth-order valence-electron chi connectivity index (χ4n) is 0.192. The molecule has 0 bridgehead atoms. The van der Waals surface area contributed by atoms with Crippen LogP contribution in [0.15, 0.2) is 0 Å². The van der Waals surface area contributed by atoms with Gasteiger partial charge >= 0.3 is 0 Å². The van der Waals surface area contributed by atoms with Crippen LogP contribution in [0.25, 0.3) is 0 Å². The molecule has 0 aromatic carbocycles. The molecule has 3 nitrogen and oxygen atoms in total. The molecule has 3 heteroatoms. The van der Waals surface area contributed by atoms with E-state index in [2.05, 4.69) is 5.32 Å². The zero-order valence-electron chi connectivity index (χ0n) is 4.81. The molecule has 1 atom stereocenters.